The second kappa shape index (κ2) is 7.19. The number of rotatable bonds is 4. The van der Waals surface area contributed by atoms with E-state index < -0.39 is 0 Å². The van der Waals surface area contributed by atoms with Crippen LogP contribution in [-0.4, -0.2) is 17.0 Å². The summed E-state index contributed by atoms with van der Waals surface area (Å²) in [6.45, 7) is 1.09. The van der Waals surface area contributed by atoms with Gasteiger partial charge in [0.1, 0.15) is 0 Å². The number of hydrogen-bond acceptors (Lipinski definition) is 1. The third kappa shape index (κ3) is 3.52. The Labute approximate surface area is 145 Å². The molecule has 0 saturated carbocycles. The summed E-state index contributed by atoms with van der Waals surface area (Å²) in [7, 11) is 0. The molecule has 122 valence electrons. The van der Waals surface area contributed by atoms with E-state index in [1.54, 1.807) is 0 Å². The highest BCUT2D eigenvalue weighted by Crippen LogP contribution is 2.34. The van der Waals surface area contributed by atoms with Crippen molar-refractivity contribution >= 4 is 6.08 Å². The van der Waals surface area contributed by atoms with Gasteiger partial charge >= 0.3 is 0 Å². The van der Waals surface area contributed by atoms with E-state index in [0.29, 0.717) is 12.1 Å². The second-order valence-electron chi connectivity index (χ2n) is 7.00. The fraction of sp³-hybridized carbons (Fsp3) is 0.304. The van der Waals surface area contributed by atoms with Gasteiger partial charge in [0.25, 0.3) is 0 Å². The van der Waals surface area contributed by atoms with Crippen molar-refractivity contribution in [1.29, 1.82) is 0 Å². The summed E-state index contributed by atoms with van der Waals surface area (Å²) in [5.74, 6) is 0. The molecule has 0 N–H and O–H groups in total. The van der Waals surface area contributed by atoms with Gasteiger partial charge in [0.05, 0.1) is 0 Å². The van der Waals surface area contributed by atoms with Crippen LogP contribution < -0.4 is 0 Å². The zero-order chi connectivity index (χ0) is 16.2. The van der Waals surface area contributed by atoms with Gasteiger partial charge in [-0.1, -0.05) is 85.3 Å². The fourth-order valence-corrected chi connectivity index (χ4v) is 4.08. The average molecular weight is 315 g/mol. The Bertz CT molecular complexity index is 714. The van der Waals surface area contributed by atoms with Crippen molar-refractivity contribution in [2.75, 3.05) is 0 Å². The third-order valence-corrected chi connectivity index (χ3v) is 5.31. The van der Waals surface area contributed by atoms with Crippen molar-refractivity contribution in [3.8, 4) is 0 Å². The number of fused-ring (bicyclic) bond motifs is 2. The minimum atomic E-state index is 0.605. The molecule has 2 aliphatic heterocycles. The number of allylic oxidation sites excluding steroid dienone is 1. The Hall–Kier alpha value is -2.12. The van der Waals surface area contributed by atoms with Crippen LogP contribution in [0.1, 0.15) is 36.8 Å². The van der Waals surface area contributed by atoms with Crippen molar-refractivity contribution in [3.05, 3.63) is 89.5 Å². The highest BCUT2D eigenvalue weighted by molar-refractivity contribution is 5.53. The number of benzene rings is 2. The maximum absolute atomic E-state index is 2.72. The Kier molecular flexibility index (Phi) is 4.62. The highest BCUT2D eigenvalue weighted by Gasteiger charge is 2.33. The Morgan fingerprint density at radius 2 is 1.62 bits per heavy atom. The minimum absolute atomic E-state index is 0.605. The molecule has 0 radical (unpaired) electrons. The molecule has 2 bridgehead atoms. The van der Waals surface area contributed by atoms with Gasteiger partial charge in [0.15, 0.2) is 0 Å². The molecule has 0 amide bonds. The van der Waals surface area contributed by atoms with E-state index in [4.69, 9.17) is 0 Å². The molecule has 2 atom stereocenters. The molecule has 2 aromatic rings. The summed E-state index contributed by atoms with van der Waals surface area (Å²) in [6, 6.07) is 22.8. The molecule has 4 rings (SSSR count). The molecule has 0 aliphatic carbocycles. The summed E-state index contributed by atoms with van der Waals surface area (Å²) in [6.07, 6.45) is 12.3. The van der Waals surface area contributed by atoms with Crippen molar-refractivity contribution < 1.29 is 0 Å². The fourth-order valence-electron chi connectivity index (χ4n) is 4.08. The van der Waals surface area contributed by atoms with E-state index in [9.17, 15) is 0 Å². The molecule has 0 spiro atoms. The maximum atomic E-state index is 2.72. The van der Waals surface area contributed by atoms with Crippen LogP contribution in [0.15, 0.2) is 78.4 Å². The Morgan fingerprint density at radius 1 is 0.875 bits per heavy atom. The monoisotopic (exact) mass is 315 g/mol. The largest absolute Gasteiger partial charge is 0.289 e. The van der Waals surface area contributed by atoms with Crippen LogP contribution in [0.4, 0.5) is 0 Å². The molecule has 1 fully saturated rings. The van der Waals surface area contributed by atoms with Crippen molar-refractivity contribution in [3.63, 3.8) is 0 Å². The topological polar surface area (TPSA) is 3.24 Å². The zero-order valence-corrected chi connectivity index (χ0v) is 14.1. The van der Waals surface area contributed by atoms with Crippen molar-refractivity contribution in [2.45, 2.75) is 44.3 Å². The third-order valence-electron chi connectivity index (χ3n) is 5.31. The van der Waals surface area contributed by atoms with E-state index in [2.05, 4.69) is 83.8 Å². The van der Waals surface area contributed by atoms with Gasteiger partial charge in [-0.05, 0) is 36.0 Å². The molecular formula is C23H25N. The first-order valence-electron chi connectivity index (χ1n) is 9.12. The van der Waals surface area contributed by atoms with Crippen molar-refractivity contribution in [1.82, 2.24) is 4.90 Å². The lowest BCUT2D eigenvalue weighted by molar-refractivity contribution is 0.0898. The molecule has 1 saturated heterocycles. The molecule has 2 aliphatic rings. The van der Waals surface area contributed by atoms with Crippen LogP contribution in [0.5, 0.6) is 0 Å². The van der Waals surface area contributed by atoms with Gasteiger partial charge in [-0.25, -0.2) is 0 Å². The summed E-state index contributed by atoms with van der Waals surface area (Å²) < 4.78 is 0. The maximum Gasteiger partial charge on any atom is 0.0290 e. The van der Waals surface area contributed by atoms with Crippen LogP contribution in [0.2, 0.25) is 0 Å². The van der Waals surface area contributed by atoms with Gasteiger partial charge in [-0.15, -0.1) is 0 Å². The highest BCUT2D eigenvalue weighted by atomic mass is 15.2. The van der Waals surface area contributed by atoms with Gasteiger partial charge in [-0.2, -0.15) is 0 Å². The van der Waals surface area contributed by atoms with Crippen LogP contribution in [-0.2, 0) is 6.54 Å². The first-order chi connectivity index (χ1) is 11.9. The van der Waals surface area contributed by atoms with E-state index in [1.807, 2.05) is 0 Å². The lowest BCUT2D eigenvalue weighted by atomic mass is 9.84. The lowest BCUT2D eigenvalue weighted by Crippen LogP contribution is -2.47. The summed E-state index contributed by atoms with van der Waals surface area (Å²) >= 11 is 0. The van der Waals surface area contributed by atoms with Gasteiger partial charge < -0.3 is 0 Å². The summed E-state index contributed by atoms with van der Waals surface area (Å²) in [4.78, 5) is 2.72. The van der Waals surface area contributed by atoms with Gasteiger partial charge in [0.2, 0.25) is 0 Å². The molecular weight excluding hydrogens is 290 g/mol. The van der Waals surface area contributed by atoms with Crippen molar-refractivity contribution in [2.24, 2.45) is 0 Å². The van der Waals surface area contributed by atoms with Gasteiger partial charge in [-0.3, -0.25) is 4.90 Å². The Balaban J connectivity index is 1.51. The molecule has 2 aromatic carbocycles. The number of nitrogens with zero attached hydrogens (tertiary/aromatic N) is 1. The molecule has 2 heterocycles. The van der Waals surface area contributed by atoms with Crippen LogP contribution in [0.3, 0.4) is 0 Å². The molecule has 1 heteroatoms. The van der Waals surface area contributed by atoms with E-state index in [-0.39, 0.29) is 0 Å². The van der Waals surface area contributed by atoms with Crippen LogP contribution in [0, 0.1) is 0 Å². The number of piperidine rings is 1. The molecule has 2 unspecified atom stereocenters. The van der Waals surface area contributed by atoms with Crippen LogP contribution in [0.25, 0.3) is 6.08 Å². The first-order valence-corrected chi connectivity index (χ1v) is 9.12. The molecule has 1 nitrogen and oxygen atoms in total. The van der Waals surface area contributed by atoms with Crippen LogP contribution >= 0.6 is 0 Å². The molecule has 0 aromatic heterocycles. The quantitative estimate of drug-likeness (QED) is 0.725. The zero-order valence-electron chi connectivity index (χ0n) is 14.1. The SMILES string of the molecule is C1=C(/C=C/c2ccccc2)CC2CCCC1N2Cc1ccccc1. The van der Waals surface area contributed by atoms with E-state index in [0.717, 1.165) is 6.54 Å². The van der Waals surface area contributed by atoms with E-state index in [1.165, 1.54) is 42.4 Å². The Morgan fingerprint density at radius 3 is 2.38 bits per heavy atom. The second-order valence-corrected chi connectivity index (χ2v) is 7.00. The lowest BCUT2D eigenvalue weighted by Gasteiger charge is -2.45. The predicted octanol–water partition coefficient (Wildman–Crippen LogP) is 5.45. The minimum Gasteiger partial charge on any atom is -0.289 e. The first kappa shape index (κ1) is 15.4. The van der Waals surface area contributed by atoms with E-state index >= 15 is 0 Å². The normalized spacial score (nSPS) is 24.1. The average Bonchev–Trinajstić information content (AvgIpc) is 2.62. The predicted molar refractivity (Wildman–Crippen MR) is 102 cm³/mol. The standard InChI is InChI=1S/C23H25N/c1-3-8-19(9-4-1)14-15-21-16-22-12-7-13-23(17-21)24(22)18-20-10-5-2-6-11-20/h1-6,8-11,14-16,22-23H,7,12-13,17-18H2/b15-14+. The molecule has 24 heavy (non-hydrogen) atoms. The van der Waals surface area contributed by atoms with Gasteiger partial charge in [0, 0.05) is 18.6 Å². The smallest absolute Gasteiger partial charge is 0.0290 e. The number of hydrogen-bond donors (Lipinski definition) is 0. The summed E-state index contributed by atoms with van der Waals surface area (Å²) in [5.41, 5.74) is 4.24. The summed E-state index contributed by atoms with van der Waals surface area (Å²) in [5, 5.41) is 0.